The van der Waals surface area contributed by atoms with Crippen LogP contribution in [0.3, 0.4) is 0 Å². The average Bonchev–Trinajstić information content (AvgIpc) is 2.84. The van der Waals surface area contributed by atoms with Crippen LogP contribution >= 0.6 is 0 Å². The van der Waals surface area contributed by atoms with Crippen LogP contribution in [0.1, 0.15) is 40.0 Å². The lowest BCUT2D eigenvalue weighted by molar-refractivity contribution is 0.343. The van der Waals surface area contributed by atoms with Gasteiger partial charge in [-0.1, -0.05) is 13.8 Å². The van der Waals surface area contributed by atoms with Crippen molar-refractivity contribution >= 4 is 10.2 Å². The predicted octanol–water partition coefficient (Wildman–Crippen LogP) is 0.336. The van der Waals surface area contributed by atoms with Gasteiger partial charge in [0, 0.05) is 18.1 Å². The third-order valence-electron chi connectivity index (χ3n) is 2.59. The van der Waals surface area contributed by atoms with Crippen LogP contribution in [0.15, 0.2) is 0 Å². The Morgan fingerprint density at radius 3 is 2.38 bits per heavy atom. The van der Waals surface area contributed by atoms with Crippen molar-refractivity contribution in [2.75, 3.05) is 6.54 Å². The summed E-state index contributed by atoms with van der Waals surface area (Å²) in [5, 5.41) is 0. The van der Waals surface area contributed by atoms with Gasteiger partial charge in [0.2, 0.25) is 0 Å². The first-order valence-corrected chi connectivity index (χ1v) is 7.26. The van der Waals surface area contributed by atoms with Crippen LogP contribution in [-0.2, 0) is 10.2 Å². The van der Waals surface area contributed by atoms with Gasteiger partial charge in [-0.2, -0.15) is 17.9 Å². The maximum Gasteiger partial charge on any atom is 0.277 e. The highest BCUT2D eigenvalue weighted by Crippen LogP contribution is 2.21. The maximum atomic E-state index is 11.8. The summed E-state index contributed by atoms with van der Waals surface area (Å²) < 4.78 is 28.8. The van der Waals surface area contributed by atoms with Crippen molar-refractivity contribution < 1.29 is 8.42 Å². The quantitative estimate of drug-likeness (QED) is 0.608. The molecule has 0 heterocycles. The molecule has 0 bridgehead atoms. The predicted molar refractivity (Wildman–Crippen MR) is 65.1 cm³/mol. The second kappa shape index (κ2) is 5.00. The van der Waals surface area contributed by atoms with E-state index < -0.39 is 15.7 Å². The minimum absolute atomic E-state index is 0.124. The third kappa shape index (κ3) is 4.78. The van der Waals surface area contributed by atoms with E-state index in [0.29, 0.717) is 12.5 Å². The first kappa shape index (κ1) is 13.9. The molecule has 5 nitrogen and oxygen atoms in total. The van der Waals surface area contributed by atoms with E-state index in [1.807, 2.05) is 6.92 Å². The average molecular weight is 249 g/mol. The summed E-state index contributed by atoms with van der Waals surface area (Å²) in [7, 11) is -3.41. The highest BCUT2D eigenvalue weighted by Gasteiger charge is 2.33. The fourth-order valence-electron chi connectivity index (χ4n) is 1.84. The number of hydrogen-bond acceptors (Lipinski definition) is 3. The molecule has 0 aromatic heterocycles. The maximum absolute atomic E-state index is 11.8. The molecule has 96 valence electrons. The molecule has 1 rings (SSSR count). The fourth-order valence-corrected chi connectivity index (χ4v) is 3.39. The zero-order chi connectivity index (χ0) is 12.4. The van der Waals surface area contributed by atoms with Gasteiger partial charge < -0.3 is 5.73 Å². The van der Waals surface area contributed by atoms with Crippen LogP contribution in [0.5, 0.6) is 0 Å². The van der Waals surface area contributed by atoms with E-state index in [2.05, 4.69) is 23.3 Å². The molecule has 1 aliphatic rings. The molecule has 0 aromatic rings. The summed E-state index contributed by atoms with van der Waals surface area (Å²) in [5.74, 6) is 0.400. The first-order chi connectivity index (χ1) is 7.26. The summed E-state index contributed by atoms with van der Waals surface area (Å²) in [6, 6.07) is 0.124. The van der Waals surface area contributed by atoms with Gasteiger partial charge in [0.05, 0.1) is 0 Å². The Balaban J connectivity index is 2.59. The van der Waals surface area contributed by atoms with E-state index in [1.165, 1.54) is 0 Å². The van der Waals surface area contributed by atoms with Gasteiger partial charge in [-0.05, 0) is 32.1 Å². The van der Waals surface area contributed by atoms with Crippen molar-refractivity contribution in [3.05, 3.63) is 0 Å². The van der Waals surface area contributed by atoms with Crippen molar-refractivity contribution in [2.45, 2.75) is 51.6 Å². The molecule has 0 amide bonds. The van der Waals surface area contributed by atoms with Gasteiger partial charge in [-0.25, -0.2) is 0 Å². The van der Waals surface area contributed by atoms with Crippen molar-refractivity contribution in [2.24, 2.45) is 11.7 Å². The molecule has 1 aliphatic carbocycles. The zero-order valence-electron chi connectivity index (χ0n) is 10.3. The van der Waals surface area contributed by atoms with Crippen LogP contribution in [0, 0.1) is 5.92 Å². The molecular weight excluding hydrogens is 226 g/mol. The summed E-state index contributed by atoms with van der Waals surface area (Å²) >= 11 is 0. The van der Waals surface area contributed by atoms with E-state index >= 15 is 0 Å². The molecular formula is C10H23N3O2S. The highest BCUT2D eigenvalue weighted by molar-refractivity contribution is 7.87. The Hall–Kier alpha value is -0.170. The van der Waals surface area contributed by atoms with Crippen molar-refractivity contribution in [3.8, 4) is 0 Å². The summed E-state index contributed by atoms with van der Waals surface area (Å²) in [6.07, 6.45) is 2.60. The van der Waals surface area contributed by atoms with Crippen LogP contribution in [0.25, 0.3) is 0 Å². The molecule has 1 fully saturated rings. The normalized spacial score (nSPS) is 21.1. The van der Waals surface area contributed by atoms with Crippen molar-refractivity contribution in [1.29, 1.82) is 0 Å². The monoisotopic (exact) mass is 249 g/mol. The molecule has 0 saturated heterocycles. The molecule has 1 unspecified atom stereocenters. The first-order valence-electron chi connectivity index (χ1n) is 5.78. The van der Waals surface area contributed by atoms with Gasteiger partial charge in [0.15, 0.2) is 0 Å². The molecule has 0 spiro atoms. The molecule has 0 aromatic carbocycles. The summed E-state index contributed by atoms with van der Waals surface area (Å²) in [6.45, 7) is 6.25. The standard InChI is InChI=1S/C10H23N3O2S/c1-8(2)6-10(3,7-11)13-16(14,15)12-9-4-5-9/h8-9,12-13H,4-7,11H2,1-3H3. The van der Waals surface area contributed by atoms with E-state index in [-0.39, 0.29) is 6.04 Å². The summed E-state index contributed by atoms with van der Waals surface area (Å²) in [5.41, 5.74) is 5.09. The fraction of sp³-hybridized carbons (Fsp3) is 1.00. The van der Waals surface area contributed by atoms with Gasteiger partial charge in [-0.15, -0.1) is 0 Å². The van der Waals surface area contributed by atoms with Gasteiger partial charge in [-0.3, -0.25) is 0 Å². The molecule has 0 radical (unpaired) electrons. The largest absolute Gasteiger partial charge is 0.329 e. The minimum Gasteiger partial charge on any atom is -0.329 e. The topological polar surface area (TPSA) is 84.2 Å². The van der Waals surface area contributed by atoms with Crippen LogP contribution in [-0.4, -0.2) is 26.5 Å². The second-order valence-electron chi connectivity index (χ2n) is 5.36. The summed E-state index contributed by atoms with van der Waals surface area (Å²) in [4.78, 5) is 0. The number of nitrogens with one attached hydrogen (secondary N) is 2. The lowest BCUT2D eigenvalue weighted by Crippen LogP contribution is -2.55. The van der Waals surface area contributed by atoms with Crippen LogP contribution < -0.4 is 15.2 Å². The lowest BCUT2D eigenvalue weighted by atomic mass is 9.92. The molecule has 6 heteroatoms. The van der Waals surface area contributed by atoms with Crippen molar-refractivity contribution in [3.63, 3.8) is 0 Å². The van der Waals surface area contributed by atoms with Crippen LogP contribution in [0.4, 0.5) is 0 Å². The molecule has 0 aliphatic heterocycles. The Labute approximate surface area is 98.4 Å². The van der Waals surface area contributed by atoms with E-state index in [0.717, 1.165) is 19.3 Å². The molecule has 1 atom stereocenters. The Kier molecular flexibility index (Phi) is 4.34. The second-order valence-corrected chi connectivity index (χ2v) is 6.81. The van der Waals surface area contributed by atoms with Crippen molar-refractivity contribution in [1.82, 2.24) is 9.44 Å². The number of rotatable bonds is 7. The number of hydrogen-bond donors (Lipinski definition) is 3. The van der Waals surface area contributed by atoms with E-state index in [9.17, 15) is 8.42 Å². The minimum atomic E-state index is -3.41. The smallest absolute Gasteiger partial charge is 0.277 e. The SMILES string of the molecule is CC(C)CC(C)(CN)NS(=O)(=O)NC1CC1. The van der Waals surface area contributed by atoms with Gasteiger partial charge in [0.1, 0.15) is 0 Å². The molecule has 1 saturated carbocycles. The van der Waals surface area contributed by atoms with E-state index in [1.54, 1.807) is 0 Å². The van der Waals surface area contributed by atoms with Gasteiger partial charge in [0.25, 0.3) is 10.2 Å². The van der Waals surface area contributed by atoms with Gasteiger partial charge >= 0.3 is 0 Å². The Bertz CT molecular complexity index is 325. The Morgan fingerprint density at radius 2 is 2.00 bits per heavy atom. The highest BCUT2D eigenvalue weighted by atomic mass is 32.2. The Morgan fingerprint density at radius 1 is 1.44 bits per heavy atom. The third-order valence-corrected chi connectivity index (χ3v) is 3.99. The van der Waals surface area contributed by atoms with Crippen LogP contribution in [0.2, 0.25) is 0 Å². The molecule has 4 N–H and O–H groups in total. The molecule has 16 heavy (non-hydrogen) atoms. The lowest BCUT2D eigenvalue weighted by Gasteiger charge is -2.30. The zero-order valence-corrected chi connectivity index (χ0v) is 11.1. The number of nitrogens with two attached hydrogens (primary N) is 1. The van der Waals surface area contributed by atoms with E-state index in [4.69, 9.17) is 5.73 Å².